The molecule has 0 radical (unpaired) electrons. The van der Waals surface area contributed by atoms with Crippen molar-refractivity contribution in [3.63, 3.8) is 0 Å². The van der Waals surface area contributed by atoms with Crippen LogP contribution in [0.25, 0.3) is 0 Å². The standard InChI is InChI=1S/C15H15BrN2O3/c1-9-5-4-6-10(11(9)16)18-13(20)15(7-2-3-8-15)12(19)17-14(18)21/h4-6H,2-3,7-8H2,1H3,(H,17,19,21). The van der Waals surface area contributed by atoms with Gasteiger partial charge in [0.25, 0.3) is 5.91 Å². The van der Waals surface area contributed by atoms with Gasteiger partial charge in [-0.2, -0.15) is 0 Å². The Morgan fingerprint density at radius 2 is 1.86 bits per heavy atom. The summed E-state index contributed by atoms with van der Waals surface area (Å²) in [5.41, 5.74) is 0.332. The van der Waals surface area contributed by atoms with Gasteiger partial charge in [0.05, 0.1) is 5.69 Å². The van der Waals surface area contributed by atoms with Crippen LogP contribution >= 0.6 is 15.9 Å². The lowest BCUT2D eigenvalue weighted by molar-refractivity contribution is -0.142. The van der Waals surface area contributed by atoms with Gasteiger partial charge in [-0.15, -0.1) is 0 Å². The molecule has 1 heterocycles. The van der Waals surface area contributed by atoms with Crippen LogP contribution in [-0.2, 0) is 9.59 Å². The molecule has 0 unspecified atom stereocenters. The first-order valence-electron chi connectivity index (χ1n) is 6.92. The maximum atomic E-state index is 12.9. The number of amides is 4. The Morgan fingerprint density at radius 3 is 2.52 bits per heavy atom. The molecule has 0 aromatic heterocycles. The van der Waals surface area contributed by atoms with E-state index in [0.717, 1.165) is 23.3 Å². The number of benzene rings is 1. The first-order valence-corrected chi connectivity index (χ1v) is 7.72. The van der Waals surface area contributed by atoms with Crippen LogP contribution < -0.4 is 10.2 Å². The summed E-state index contributed by atoms with van der Waals surface area (Å²) in [6, 6.07) is 4.70. The van der Waals surface area contributed by atoms with Crippen molar-refractivity contribution < 1.29 is 14.4 Å². The van der Waals surface area contributed by atoms with Gasteiger partial charge < -0.3 is 0 Å². The number of hydrogen-bond donors (Lipinski definition) is 1. The van der Waals surface area contributed by atoms with Crippen molar-refractivity contribution in [2.75, 3.05) is 4.90 Å². The molecule has 5 nitrogen and oxygen atoms in total. The molecule has 2 fully saturated rings. The SMILES string of the molecule is Cc1cccc(N2C(=O)NC(=O)C3(CCCC3)C2=O)c1Br. The predicted molar refractivity (Wildman–Crippen MR) is 80.8 cm³/mol. The Bertz CT molecular complexity index is 650. The molecule has 1 aliphatic carbocycles. The molecule has 4 amide bonds. The average Bonchev–Trinajstić information content (AvgIpc) is 2.92. The minimum Gasteiger partial charge on any atom is -0.276 e. The Balaban J connectivity index is 2.09. The summed E-state index contributed by atoms with van der Waals surface area (Å²) < 4.78 is 0.691. The van der Waals surface area contributed by atoms with Gasteiger partial charge in [0, 0.05) is 4.47 Å². The number of nitrogens with zero attached hydrogens (tertiary/aromatic N) is 1. The lowest BCUT2D eigenvalue weighted by Crippen LogP contribution is -2.63. The molecule has 2 aliphatic rings. The molecule has 6 heteroatoms. The number of barbiturate groups is 1. The number of carbonyl (C=O) groups excluding carboxylic acids is 3. The second-order valence-electron chi connectivity index (χ2n) is 5.60. The molecule has 1 spiro atoms. The molecule has 1 N–H and O–H groups in total. The molecule has 1 aromatic carbocycles. The van der Waals surface area contributed by atoms with E-state index in [0.29, 0.717) is 23.0 Å². The monoisotopic (exact) mass is 350 g/mol. The molecular formula is C15H15BrN2O3. The minimum atomic E-state index is -1.07. The molecular weight excluding hydrogens is 336 g/mol. The highest BCUT2D eigenvalue weighted by molar-refractivity contribution is 9.10. The van der Waals surface area contributed by atoms with Gasteiger partial charge in [0.1, 0.15) is 5.41 Å². The van der Waals surface area contributed by atoms with E-state index >= 15 is 0 Å². The zero-order valence-corrected chi connectivity index (χ0v) is 13.2. The summed E-state index contributed by atoms with van der Waals surface area (Å²) in [4.78, 5) is 38.3. The van der Waals surface area contributed by atoms with Crippen LogP contribution in [0.4, 0.5) is 10.5 Å². The number of anilines is 1. The van der Waals surface area contributed by atoms with Crippen LogP contribution in [-0.4, -0.2) is 17.8 Å². The maximum Gasteiger partial charge on any atom is 0.335 e. The maximum absolute atomic E-state index is 12.9. The molecule has 1 aliphatic heterocycles. The highest BCUT2D eigenvalue weighted by Gasteiger charge is 2.55. The van der Waals surface area contributed by atoms with Crippen molar-refractivity contribution in [2.45, 2.75) is 32.6 Å². The fourth-order valence-corrected chi connectivity index (χ4v) is 3.56. The van der Waals surface area contributed by atoms with Crippen LogP contribution in [0.1, 0.15) is 31.2 Å². The third-order valence-corrected chi connectivity index (χ3v) is 5.37. The van der Waals surface area contributed by atoms with Gasteiger partial charge in [-0.25, -0.2) is 9.69 Å². The van der Waals surface area contributed by atoms with Gasteiger partial charge >= 0.3 is 6.03 Å². The van der Waals surface area contributed by atoms with Crippen LogP contribution in [0.15, 0.2) is 22.7 Å². The zero-order chi connectivity index (χ0) is 15.2. The Hall–Kier alpha value is -1.69. The van der Waals surface area contributed by atoms with E-state index < -0.39 is 23.3 Å². The number of imide groups is 2. The first-order chi connectivity index (χ1) is 9.97. The van der Waals surface area contributed by atoms with Crippen LogP contribution in [0, 0.1) is 12.3 Å². The third kappa shape index (κ3) is 2.00. The fraction of sp³-hybridized carbons (Fsp3) is 0.400. The number of halogens is 1. The van der Waals surface area contributed by atoms with E-state index in [1.165, 1.54) is 0 Å². The van der Waals surface area contributed by atoms with Crippen LogP contribution in [0.3, 0.4) is 0 Å². The molecule has 21 heavy (non-hydrogen) atoms. The van der Waals surface area contributed by atoms with Gasteiger partial charge in [0.2, 0.25) is 5.91 Å². The minimum absolute atomic E-state index is 0.403. The largest absolute Gasteiger partial charge is 0.335 e. The number of rotatable bonds is 1. The third-order valence-electron chi connectivity index (χ3n) is 4.34. The first kappa shape index (κ1) is 14.3. The van der Waals surface area contributed by atoms with Crippen LogP contribution in [0.2, 0.25) is 0 Å². The normalized spacial score (nSPS) is 21.0. The Morgan fingerprint density at radius 1 is 1.19 bits per heavy atom. The number of aryl methyl sites for hydroxylation is 1. The second-order valence-corrected chi connectivity index (χ2v) is 6.39. The summed E-state index contributed by atoms with van der Waals surface area (Å²) in [5, 5.41) is 2.34. The average molecular weight is 351 g/mol. The fourth-order valence-electron chi connectivity index (χ4n) is 3.12. The number of carbonyl (C=O) groups is 3. The summed E-state index contributed by atoms with van der Waals surface area (Å²) in [6.07, 6.45) is 2.67. The predicted octanol–water partition coefficient (Wildman–Crippen LogP) is 2.90. The molecule has 1 saturated heterocycles. The number of urea groups is 1. The Labute approximate surface area is 130 Å². The highest BCUT2D eigenvalue weighted by atomic mass is 79.9. The second kappa shape index (κ2) is 4.94. The number of hydrogen-bond acceptors (Lipinski definition) is 3. The van der Waals surface area contributed by atoms with Crippen molar-refractivity contribution in [1.29, 1.82) is 0 Å². The Kier molecular flexibility index (Phi) is 3.36. The summed E-state index contributed by atoms with van der Waals surface area (Å²) in [7, 11) is 0. The van der Waals surface area contributed by atoms with Gasteiger partial charge in [-0.05, 0) is 47.3 Å². The van der Waals surface area contributed by atoms with E-state index in [2.05, 4.69) is 21.2 Å². The molecule has 0 atom stereocenters. The summed E-state index contributed by atoms with van der Waals surface area (Å²) in [5.74, 6) is -0.852. The van der Waals surface area contributed by atoms with Gasteiger partial charge in [-0.1, -0.05) is 25.0 Å². The molecule has 1 saturated carbocycles. The highest BCUT2D eigenvalue weighted by Crippen LogP contribution is 2.44. The summed E-state index contributed by atoms with van der Waals surface area (Å²) in [6.45, 7) is 1.89. The van der Waals surface area contributed by atoms with E-state index in [9.17, 15) is 14.4 Å². The lowest BCUT2D eigenvalue weighted by atomic mass is 9.82. The molecule has 0 bridgehead atoms. The van der Waals surface area contributed by atoms with Crippen molar-refractivity contribution >= 4 is 39.5 Å². The topological polar surface area (TPSA) is 66.5 Å². The zero-order valence-electron chi connectivity index (χ0n) is 11.6. The van der Waals surface area contributed by atoms with Crippen molar-refractivity contribution in [2.24, 2.45) is 5.41 Å². The van der Waals surface area contributed by atoms with Crippen molar-refractivity contribution in [1.82, 2.24) is 5.32 Å². The summed E-state index contributed by atoms with van der Waals surface area (Å²) >= 11 is 3.42. The van der Waals surface area contributed by atoms with Crippen molar-refractivity contribution in [3.05, 3.63) is 28.2 Å². The van der Waals surface area contributed by atoms with Gasteiger partial charge in [0.15, 0.2) is 0 Å². The van der Waals surface area contributed by atoms with E-state index in [1.807, 2.05) is 13.0 Å². The van der Waals surface area contributed by atoms with Crippen LogP contribution in [0.5, 0.6) is 0 Å². The molecule has 1 aromatic rings. The van der Waals surface area contributed by atoms with E-state index in [-0.39, 0.29) is 0 Å². The molecule has 3 rings (SSSR count). The van der Waals surface area contributed by atoms with E-state index in [4.69, 9.17) is 0 Å². The smallest absolute Gasteiger partial charge is 0.276 e. The lowest BCUT2D eigenvalue weighted by Gasteiger charge is -2.37. The van der Waals surface area contributed by atoms with Gasteiger partial charge in [-0.3, -0.25) is 14.9 Å². The quantitative estimate of drug-likeness (QED) is 0.792. The van der Waals surface area contributed by atoms with Crippen molar-refractivity contribution in [3.8, 4) is 0 Å². The number of nitrogens with one attached hydrogen (secondary N) is 1. The molecule has 110 valence electrons. The van der Waals surface area contributed by atoms with E-state index in [1.54, 1.807) is 12.1 Å².